The van der Waals surface area contributed by atoms with Crippen LogP contribution in [-0.4, -0.2) is 34.2 Å². The van der Waals surface area contributed by atoms with Crippen LogP contribution in [0.5, 0.6) is 0 Å². The second kappa shape index (κ2) is 5.50. The van der Waals surface area contributed by atoms with E-state index in [0.29, 0.717) is 35.5 Å². The first-order valence-electron chi connectivity index (χ1n) is 11.0. The number of allylic oxidation sites excluding steroid dienone is 2. The third-order valence-electron chi connectivity index (χ3n) is 9.58. The van der Waals surface area contributed by atoms with Gasteiger partial charge in [0.25, 0.3) is 0 Å². The molecule has 4 saturated carbocycles. The molecule has 150 valence electrons. The van der Waals surface area contributed by atoms with E-state index < -0.39 is 5.60 Å². The fraction of sp³-hybridized carbons (Fsp3) is 0.739. The van der Waals surface area contributed by atoms with Gasteiger partial charge in [0.2, 0.25) is 0 Å². The number of hydrogen-bond donors (Lipinski definition) is 2. The predicted octanol–water partition coefficient (Wildman–Crippen LogP) is 3.32. The summed E-state index contributed by atoms with van der Waals surface area (Å²) in [4.78, 5) is 12.0. The molecule has 0 amide bonds. The van der Waals surface area contributed by atoms with Gasteiger partial charge in [-0.1, -0.05) is 17.7 Å². The molecule has 1 heterocycles. The van der Waals surface area contributed by atoms with Crippen LogP contribution in [0.2, 0.25) is 0 Å². The van der Waals surface area contributed by atoms with Gasteiger partial charge in [-0.3, -0.25) is 0 Å². The first-order chi connectivity index (χ1) is 13.5. The summed E-state index contributed by atoms with van der Waals surface area (Å²) in [5.74, 6) is 3.36. The van der Waals surface area contributed by atoms with E-state index in [4.69, 9.17) is 4.74 Å². The van der Waals surface area contributed by atoms with Crippen LogP contribution in [0.15, 0.2) is 29.0 Å². The van der Waals surface area contributed by atoms with Gasteiger partial charge in [0.1, 0.15) is 5.60 Å². The number of esters is 1. The van der Waals surface area contributed by atoms with Gasteiger partial charge in [0, 0.05) is 24.0 Å². The van der Waals surface area contributed by atoms with Crippen molar-refractivity contribution >= 4 is 11.7 Å². The summed E-state index contributed by atoms with van der Waals surface area (Å²) in [5, 5.41) is 23.0. The number of aliphatic hydroxyl groups excluding tert-OH is 1. The number of oxime groups is 1. The Labute approximate surface area is 165 Å². The van der Waals surface area contributed by atoms with E-state index in [2.05, 4.69) is 24.2 Å². The van der Waals surface area contributed by atoms with E-state index in [-0.39, 0.29) is 23.9 Å². The molecule has 1 spiro atoms. The predicted molar refractivity (Wildman–Crippen MR) is 103 cm³/mol. The van der Waals surface area contributed by atoms with Crippen LogP contribution in [0.3, 0.4) is 0 Å². The topological polar surface area (TPSA) is 79.1 Å². The van der Waals surface area contributed by atoms with E-state index in [1.165, 1.54) is 5.57 Å². The molecule has 0 bridgehead atoms. The summed E-state index contributed by atoms with van der Waals surface area (Å²) in [7, 11) is 0. The molecule has 5 nitrogen and oxygen atoms in total. The molecule has 0 saturated heterocycles. The standard InChI is InChI=1S/C23H29NO4/c1-22-6-4-16-15-3-2-14(24-27)9-12(15)8-13(11-25)20(16)21(22)17-10-18(17)23(22)7-5-19(26)28-23/h5,7,9,13,15-18,20-21,25,27H,2-4,6,8,10-11H2,1H3/b24-14+/t13-,15-,16?,17+,18-,20?,21?,22-,23-/m0/s1. The smallest absolute Gasteiger partial charge is 0.331 e. The van der Waals surface area contributed by atoms with Crippen molar-refractivity contribution in [2.45, 2.75) is 51.0 Å². The average Bonchev–Trinajstić information content (AvgIpc) is 3.35. The van der Waals surface area contributed by atoms with Gasteiger partial charge >= 0.3 is 5.97 Å². The van der Waals surface area contributed by atoms with E-state index >= 15 is 0 Å². The Morgan fingerprint density at radius 2 is 2.18 bits per heavy atom. The zero-order chi connectivity index (χ0) is 19.3. The molecule has 0 aromatic rings. The highest BCUT2D eigenvalue weighted by Crippen LogP contribution is 2.78. The maximum Gasteiger partial charge on any atom is 0.331 e. The van der Waals surface area contributed by atoms with E-state index in [1.54, 1.807) is 6.08 Å². The van der Waals surface area contributed by atoms with Gasteiger partial charge < -0.3 is 15.1 Å². The lowest BCUT2D eigenvalue weighted by Gasteiger charge is -2.58. The largest absolute Gasteiger partial charge is 0.451 e. The van der Waals surface area contributed by atoms with Crippen molar-refractivity contribution in [2.75, 3.05) is 6.61 Å². The molecule has 5 heteroatoms. The zero-order valence-electron chi connectivity index (χ0n) is 16.4. The molecule has 6 aliphatic rings. The van der Waals surface area contributed by atoms with Gasteiger partial charge in [-0.05, 0) is 86.2 Å². The molecule has 28 heavy (non-hydrogen) atoms. The molecule has 2 N–H and O–H groups in total. The number of ether oxygens (including phenoxy) is 1. The first-order valence-corrected chi connectivity index (χ1v) is 11.0. The van der Waals surface area contributed by atoms with Crippen molar-refractivity contribution in [1.29, 1.82) is 0 Å². The lowest BCUT2D eigenvalue weighted by molar-refractivity contribution is -0.171. The monoisotopic (exact) mass is 383 g/mol. The molecule has 1 aliphatic heterocycles. The number of hydrogen-bond acceptors (Lipinski definition) is 5. The van der Waals surface area contributed by atoms with E-state index in [1.807, 2.05) is 0 Å². The van der Waals surface area contributed by atoms with Crippen molar-refractivity contribution in [3.05, 3.63) is 23.8 Å². The Morgan fingerprint density at radius 3 is 2.89 bits per heavy atom. The third kappa shape index (κ3) is 1.92. The van der Waals surface area contributed by atoms with Crippen molar-refractivity contribution in [1.82, 2.24) is 0 Å². The quantitative estimate of drug-likeness (QED) is 0.414. The van der Waals surface area contributed by atoms with Gasteiger partial charge in [-0.25, -0.2) is 4.79 Å². The van der Waals surface area contributed by atoms with Crippen LogP contribution < -0.4 is 0 Å². The maximum atomic E-state index is 12.0. The lowest BCUT2D eigenvalue weighted by Crippen LogP contribution is -2.57. The Balaban J connectivity index is 1.41. The number of aliphatic hydroxyl groups is 1. The summed E-state index contributed by atoms with van der Waals surface area (Å²) in [6.45, 7) is 2.57. The van der Waals surface area contributed by atoms with Gasteiger partial charge in [0.05, 0.1) is 5.71 Å². The number of rotatable bonds is 1. The molecule has 0 radical (unpaired) electrons. The number of fused-ring (bicyclic) bond motifs is 9. The number of carbonyl (C=O) groups excluding carboxylic acids is 1. The van der Waals surface area contributed by atoms with Gasteiger partial charge in [-0.2, -0.15) is 0 Å². The number of carbonyl (C=O) groups is 1. The molecular formula is C23H29NO4. The highest BCUT2D eigenvalue weighted by molar-refractivity contribution is 5.96. The first kappa shape index (κ1) is 17.3. The van der Waals surface area contributed by atoms with Crippen LogP contribution in [-0.2, 0) is 9.53 Å². The van der Waals surface area contributed by atoms with E-state index in [0.717, 1.165) is 44.2 Å². The van der Waals surface area contributed by atoms with E-state index in [9.17, 15) is 15.1 Å². The highest BCUT2D eigenvalue weighted by atomic mass is 16.6. The maximum absolute atomic E-state index is 12.0. The van der Waals surface area contributed by atoms with Crippen LogP contribution in [0.1, 0.15) is 45.4 Å². The molecule has 6 rings (SSSR count). The van der Waals surface area contributed by atoms with Crippen molar-refractivity contribution in [3.8, 4) is 0 Å². The Hall–Kier alpha value is -1.62. The van der Waals surface area contributed by atoms with Crippen LogP contribution in [0.25, 0.3) is 0 Å². The zero-order valence-corrected chi connectivity index (χ0v) is 16.4. The Kier molecular flexibility index (Phi) is 3.39. The van der Waals surface area contributed by atoms with Crippen molar-refractivity contribution in [2.24, 2.45) is 52.0 Å². The minimum absolute atomic E-state index is 0.00850. The second-order valence-electron chi connectivity index (χ2n) is 10.4. The van der Waals surface area contributed by atoms with Crippen LogP contribution >= 0.6 is 0 Å². The summed E-state index contributed by atoms with van der Waals surface area (Å²) in [6, 6.07) is 0. The molecule has 5 aliphatic carbocycles. The minimum atomic E-state index is -0.399. The molecular weight excluding hydrogens is 354 g/mol. The second-order valence-corrected chi connectivity index (χ2v) is 10.4. The molecule has 0 aromatic carbocycles. The fourth-order valence-electron chi connectivity index (χ4n) is 8.59. The fourth-order valence-corrected chi connectivity index (χ4v) is 8.59. The van der Waals surface area contributed by atoms with Crippen molar-refractivity contribution < 1.29 is 19.8 Å². The summed E-state index contributed by atoms with van der Waals surface area (Å²) >= 11 is 0. The summed E-state index contributed by atoms with van der Waals surface area (Å²) in [5.41, 5.74) is 1.76. The van der Waals surface area contributed by atoms with Gasteiger partial charge in [-0.15, -0.1) is 0 Å². The third-order valence-corrected chi connectivity index (χ3v) is 9.58. The SMILES string of the molecule is C[C@]12CCC3C(C1[C@@H]1C[C@@H]1[C@@]21C=CC(=O)O1)[C@H](CO)CC1=C/C(=N/O)CC[C@@H]13. The molecule has 4 fully saturated rings. The lowest BCUT2D eigenvalue weighted by atomic mass is 9.47. The molecule has 9 atom stereocenters. The Bertz CT molecular complexity index is 830. The summed E-state index contributed by atoms with van der Waals surface area (Å²) in [6.07, 6.45) is 12.0. The van der Waals surface area contributed by atoms with Crippen molar-refractivity contribution in [3.63, 3.8) is 0 Å². The average molecular weight is 383 g/mol. The number of nitrogens with zero attached hydrogens (tertiary/aromatic N) is 1. The van der Waals surface area contributed by atoms with Crippen LogP contribution in [0.4, 0.5) is 0 Å². The highest BCUT2D eigenvalue weighted by Gasteiger charge is 2.78. The molecule has 0 aromatic heterocycles. The minimum Gasteiger partial charge on any atom is -0.451 e. The summed E-state index contributed by atoms with van der Waals surface area (Å²) < 4.78 is 6.05. The molecule has 3 unspecified atom stereocenters. The van der Waals surface area contributed by atoms with Gasteiger partial charge in [0.15, 0.2) is 0 Å². The normalized spacial score (nSPS) is 54.6. The Morgan fingerprint density at radius 1 is 1.32 bits per heavy atom. The van der Waals surface area contributed by atoms with Crippen LogP contribution in [0, 0.1) is 46.8 Å².